The van der Waals surface area contributed by atoms with Crippen LogP contribution in [-0.2, 0) is 0 Å². The van der Waals surface area contributed by atoms with Crippen molar-refractivity contribution in [1.82, 2.24) is 15.2 Å². The topological polar surface area (TPSA) is 67.6 Å². The van der Waals surface area contributed by atoms with Gasteiger partial charge in [0.25, 0.3) is 0 Å². The monoisotopic (exact) mass is 248 g/mol. The van der Waals surface area contributed by atoms with Crippen molar-refractivity contribution in [2.24, 2.45) is 5.73 Å². The van der Waals surface area contributed by atoms with Gasteiger partial charge in [0.05, 0.1) is 0 Å². The van der Waals surface area contributed by atoms with Crippen molar-refractivity contribution in [3.63, 3.8) is 0 Å². The van der Waals surface area contributed by atoms with Crippen molar-refractivity contribution in [1.29, 1.82) is 0 Å². The lowest BCUT2D eigenvalue weighted by atomic mass is 10.1. The number of nitrogens with zero attached hydrogens (tertiary/aromatic N) is 2. The molecule has 17 heavy (non-hydrogen) atoms. The molecule has 0 saturated heterocycles. The van der Waals surface area contributed by atoms with E-state index in [9.17, 15) is 0 Å². The van der Waals surface area contributed by atoms with E-state index in [0.717, 1.165) is 11.0 Å². The summed E-state index contributed by atoms with van der Waals surface area (Å²) in [4.78, 5) is 4.28. The molecular formula is C12H16N4S. The summed E-state index contributed by atoms with van der Waals surface area (Å²) in [5.74, 6) is 0.826. The molecule has 3 N–H and O–H groups in total. The van der Waals surface area contributed by atoms with Gasteiger partial charge in [0.15, 0.2) is 0 Å². The molecule has 5 heteroatoms. The minimum Gasteiger partial charge on any atom is -0.329 e. The maximum Gasteiger partial charge on any atom is 0.209 e. The van der Waals surface area contributed by atoms with Gasteiger partial charge in [-0.2, -0.15) is 0 Å². The maximum absolute atomic E-state index is 5.81. The minimum absolute atomic E-state index is 0.200. The normalized spacial score (nSPS) is 12.6. The molecule has 0 fully saturated rings. The molecule has 4 nitrogen and oxygen atoms in total. The summed E-state index contributed by atoms with van der Waals surface area (Å²) >= 11 is 1.59. The quantitative estimate of drug-likeness (QED) is 0.814. The third-order valence-electron chi connectivity index (χ3n) is 2.49. The van der Waals surface area contributed by atoms with E-state index in [4.69, 9.17) is 5.73 Å². The Balaban J connectivity index is 2.13. The van der Waals surface area contributed by atoms with Crippen LogP contribution in [0, 0.1) is 13.8 Å². The first-order chi connectivity index (χ1) is 8.19. The average molecular weight is 248 g/mol. The molecule has 0 bridgehead atoms. The zero-order valence-electron chi connectivity index (χ0n) is 9.97. The number of hydrogen-bond donors (Lipinski definition) is 2. The third kappa shape index (κ3) is 3.08. The van der Waals surface area contributed by atoms with E-state index in [2.05, 4.69) is 46.4 Å². The van der Waals surface area contributed by atoms with E-state index in [1.165, 1.54) is 11.1 Å². The molecule has 0 aliphatic carbocycles. The van der Waals surface area contributed by atoms with E-state index >= 15 is 0 Å². The van der Waals surface area contributed by atoms with Gasteiger partial charge >= 0.3 is 0 Å². The molecule has 2 rings (SSSR count). The number of benzene rings is 1. The number of aromatic amines is 1. The number of nitrogens with one attached hydrogen (secondary N) is 1. The zero-order valence-corrected chi connectivity index (χ0v) is 10.8. The van der Waals surface area contributed by atoms with Crippen LogP contribution in [0.4, 0.5) is 0 Å². The molecule has 0 aliphatic heterocycles. The van der Waals surface area contributed by atoms with Gasteiger partial charge in [-0.05, 0) is 19.4 Å². The Bertz CT molecular complexity index is 478. The molecule has 0 radical (unpaired) electrons. The maximum atomic E-state index is 5.81. The molecular weight excluding hydrogens is 232 g/mol. The fraction of sp³-hybridized carbons (Fsp3) is 0.333. The van der Waals surface area contributed by atoms with Crippen LogP contribution in [0.2, 0.25) is 0 Å². The van der Waals surface area contributed by atoms with Crippen LogP contribution in [0.5, 0.6) is 0 Å². The van der Waals surface area contributed by atoms with Crippen LogP contribution in [-0.4, -0.2) is 21.7 Å². The summed E-state index contributed by atoms with van der Waals surface area (Å²) < 4.78 is 0. The first-order valence-electron chi connectivity index (χ1n) is 5.51. The summed E-state index contributed by atoms with van der Waals surface area (Å²) in [7, 11) is 0. The van der Waals surface area contributed by atoms with Gasteiger partial charge in [0, 0.05) is 11.8 Å². The Morgan fingerprint density at radius 1 is 1.29 bits per heavy atom. The molecule has 0 saturated carbocycles. The summed E-state index contributed by atoms with van der Waals surface area (Å²) in [6.07, 6.45) is 0. The Kier molecular flexibility index (Phi) is 3.81. The van der Waals surface area contributed by atoms with Gasteiger partial charge in [0.1, 0.15) is 5.82 Å². The standard InChI is InChI=1S/C12H16N4S/c1-8-3-5-10(6-4-8)11(7-13)17-12-14-9(2)15-16-12/h3-6,11H,7,13H2,1-2H3,(H,14,15,16). The van der Waals surface area contributed by atoms with Gasteiger partial charge in [-0.1, -0.05) is 41.6 Å². The number of aryl methyl sites for hydroxylation is 2. The highest BCUT2D eigenvalue weighted by Crippen LogP contribution is 2.32. The lowest BCUT2D eigenvalue weighted by Gasteiger charge is -2.12. The molecule has 90 valence electrons. The molecule has 1 aromatic heterocycles. The molecule has 0 aliphatic rings. The third-order valence-corrected chi connectivity index (χ3v) is 3.63. The van der Waals surface area contributed by atoms with Crippen LogP contribution < -0.4 is 5.73 Å². The summed E-state index contributed by atoms with van der Waals surface area (Å²) in [5.41, 5.74) is 8.28. The minimum atomic E-state index is 0.200. The Morgan fingerprint density at radius 3 is 2.53 bits per heavy atom. The summed E-state index contributed by atoms with van der Waals surface area (Å²) in [5, 5.41) is 7.90. The highest BCUT2D eigenvalue weighted by Gasteiger charge is 2.13. The lowest BCUT2D eigenvalue weighted by molar-refractivity contribution is 0.913. The molecule has 0 amide bonds. The van der Waals surface area contributed by atoms with Gasteiger partial charge < -0.3 is 5.73 Å². The molecule has 1 aromatic carbocycles. The largest absolute Gasteiger partial charge is 0.329 e. The van der Waals surface area contributed by atoms with Crippen molar-refractivity contribution < 1.29 is 0 Å². The van der Waals surface area contributed by atoms with E-state index in [1.54, 1.807) is 11.8 Å². The number of aromatic nitrogens is 3. The van der Waals surface area contributed by atoms with Gasteiger partial charge in [-0.3, -0.25) is 5.10 Å². The SMILES string of the molecule is Cc1ccc(C(CN)Sc2n[nH]c(C)n2)cc1. The van der Waals surface area contributed by atoms with Crippen LogP contribution in [0.25, 0.3) is 0 Å². The Labute approximate surface area is 105 Å². The Hall–Kier alpha value is -1.33. The van der Waals surface area contributed by atoms with Crippen LogP contribution in [0.15, 0.2) is 29.4 Å². The van der Waals surface area contributed by atoms with E-state index in [1.807, 2.05) is 6.92 Å². The van der Waals surface area contributed by atoms with Crippen molar-refractivity contribution >= 4 is 11.8 Å². The van der Waals surface area contributed by atoms with Gasteiger partial charge in [-0.25, -0.2) is 4.98 Å². The summed E-state index contributed by atoms with van der Waals surface area (Å²) in [6.45, 7) is 4.54. The number of hydrogen-bond acceptors (Lipinski definition) is 4. The van der Waals surface area contributed by atoms with Crippen LogP contribution in [0.1, 0.15) is 22.2 Å². The second kappa shape index (κ2) is 5.33. The molecule has 1 atom stereocenters. The fourth-order valence-corrected chi connectivity index (χ4v) is 2.47. The second-order valence-electron chi connectivity index (χ2n) is 3.96. The van der Waals surface area contributed by atoms with Crippen molar-refractivity contribution in [3.8, 4) is 0 Å². The Morgan fingerprint density at radius 2 is 2.00 bits per heavy atom. The highest BCUT2D eigenvalue weighted by molar-refractivity contribution is 7.99. The van der Waals surface area contributed by atoms with Crippen molar-refractivity contribution in [3.05, 3.63) is 41.2 Å². The van der Waals surface area contributed by atoms with E-state index in [0.29, 0.717) is 6.54 Å². The molecule has 1 unspecified atom stereocenters. The number of H-pyrrole nitrogens is 1. The first kappa shape index (κ1) is 12.1. The summed E-state index contributed by atoms with van der Waals surface area (Å²) in [6, 6.07) is 8.42. The van der Waals surface area contributed by atoms with Gasteiger partial charge in [-0.15, -0.1) is 5.10 Å². The lowest BCUT2D eigenvalue weighted by Crippen LogP contribution is -2.09. The van der Waals surface area contributed by atoms with E-state index < -0.39 is 0 Å². The second-order valence-corrected chi connectivity index (χ2v) is 5.13. The predicted octanol–water partition coefficient (Wildman–Crippen LogP) is 2.21. The number of nitrogens with two attached hydrogens (primary N) is 1. The highest BCUT2D eigenvalue weighted by atomic mass is 32.2. The van der Waals surface area contributed by atoms with Crippen molar-refractivity contribution in [2.45, 2.75) is 24.3 Å². The predicted molar refractivity (Wildman–Crippen MR) is 70.0 cm³/mol. The zero-order chi connectivity index (χ0) is 12.3. The molecule has 2 aromatic rings. The van der Waals surface area contributed by atoms with Crippen molar-refractivity contribution in [2.75, 3.05) is 6.54 Å². The number of rotatable bonds is 4. The first-order valence-corrected chi connectivity index (χ1v) is 6.39. The van der Waals surface area contributed by atoms with E-state index in [-0.39, 0.29) is 5.25 Å². The molecule has 0 spiro atoms. The number of thioether (sulfide) groups is 1. The average Bonchev–Trinajstić information content (AvgIpc) is 2.73. The van der Waals surface area contributed by atoms with Gasteiger partial charge in [0.2, 0.25) is 5.16 Å². The fourth-order valence-electron chi connectivity index (χ4n) is 1.54. The molecule has 1 heterocycles. The van der Waals surface area contributed by atoms with Crippen LogP contribution in [0.3, 0.4) is 0 Å². The smallest absolute Gasteiger partial charge is 0.209 e. The van der Waals surface area contributed by atoms with Crippen LogP contribution >= 0.6 is 11.8 Å².